The summed E-state index contributed by atoms with van der Waals surface area (Å²) in [6.45, 7) is 2.95. The van der Waals surface area contributed by atoms with Crippen LogP contribution in [0.5, 0.6) is 0 Å². The normalized spacial score (nSPS) is 22.4. The molecule has 22 heavy (non-hydrogen) atoms. The number of carbonyl (C=O) groups is 1. The molecule has 5 heteroatoms. The van der Waals surface area contributed by atoms with Crippen molar-refractivity contribution >= 4 is 29.9 Å². The van der Waals surface area contributed by atoms with Gasteiger partial charge in [0.2, 0.25) is 5.91 Å². The summed E-state index contributed by atoms with van der Waals surface area (Å²) in [5.41, 5.74) is 0.934. The van der Waals surface area contributed by atoms with Crippen molar-refractivity contribution in [2.75, 3.05) is 19.6 Å². The first kappa shape index (κ1) is 17.6. The fraction of sp³-hybridized carbons (Fsp3) is 0.588. The Balaban J connectivity index is 0.00000176. The van der Waals surface area contributed by atoms with E-state index in [1.807, 2.05) is 29.2 Å². The summed E-state index contributed by atoms with van der Waals surface area (Å²) in [6.07, 6.45) is 5.29. The molecule has 0 bridgehead atoms. The molecular weight excluding hydrogens is 319 g/mol. The van der Waals surface area contributed by atoms with Crippen molar-refractivity contribution in [2.24, 2.45) is 5.92 Å². The maximum atomic E-state index is 12.4. The van der Waals surface area contributed by atoms with E-state index >= 15 is 0 Å². The highest BCUT2D eigenvalue weighted by molar-refractivity contribution is 6.31. The smallest absolute Gasteiger partial charge is 0.227 e. The third kappa shape index (κ3) is 4.15. The van der Waals surface area contributed by atoms with E-state index in [9.17, 15) is 4.79 Å². The summed E-state index contributed by atoms with van der Waals surface area (Å²) in [7, 11) is 0. The number of piperidine rings is 1. The maximum Gasteiger partial charge on any atom is 0.227 e. The van der Waals surface area contributed by atoms with E-state index in [2.05, 4.69) is 5.32 Å². The van der Waals surface area contributed by atoms with Gasteiger partial charge >= 0.3 is 0 Å². The van der Waals surface area contributed by atoms with Crippen molar-refractivity contribution < 1.29 is 4.79 Å². The molecule has 0 saturated carbocycles. The minimum Gasteiger partial charge on any atom is -0.342 e. The van der Waals surface area contributed by atoms with Gasteiger partial charge in [-0.25, -0.2) is 0 Å². The second-order valence-electron chi connectivity index (χ2n) is 6.19. The topological polar surface area (TPSA) is 32.3 Å². The van der Waals surface area contributed by atoms with E-state index in [0.717, 1.165) is 44.0 Å². The van der Waals surface area contributed by atoms with Crippen molar-refractivity contribution in [1.29, 1.82) is 0 Å². The first-order chi connectivity index (χ1) is 10.2. The van der Waals surface area contributed by atoms with Crippen molar-refractivity contribution in [3.8, 4) is 0 Å². The van der Waals surface area contributed by atoms with Gasteiger partial charge in [0.25, 0.3) is 0 Å². The van der Waals surface area contributed by atoms with Gasteiger partial charge < -0.3 is 10.2 Å². The summed E-state index contributed by atoms with van der Waals surface area (Å²) in [5.74, 6) is 0.956. The van der Waals surface area contributed by atoms with Crippen molar-refractivity contribution in [1.82, 2.24) is 10.2 Å². The summed E-state index contributed by atoms with van der Waals surface area (Å²) in [4.78, 5) is 14.4. The SMILES string of the molecule is Cl.O=C(Cc1ccccc1Cl)N1CCC(C2CCCN2)CC1. The molecule has 0 aliphatic carbocycles. The molecule has 122 valence electrons. The number of amides is 1. The Labute approximate surface area is 143 Å². The first-order valence-corrected chi connectivity index (χ1v) is 8.36. The molecule has 2 saturated heterocycles. The van der Waals surface area contributed by atoms with Crippen LogP contribution in [-0.4, -0.2) is 36.5 Å². The standard InChI is InChI=1S/C17H23ClN2O.ClH/c18-15-5-2-1-4-14(15)12-17(21)20-10-7-13(8-11-20)16-6-3-9-19-16;/h1-2,4-5,13,16,19H,3,6-12H2;1H. The minimum absolute atomic E-state index is 0. The number of rotatable bonds is 3. The molecule has 1 amide bonds. The Hall–Kier alpha value is -0.770. The van der Waals surface area contributed by atoms with E-state index in [4.69, 9.17) is 11.6 Å². The van der Waals surface area contributed by atoms with Crippen LogP contribution >= 0.6 is 24.0 Å². The lowest BCUT2D eigenvalue weighted by Gasteiger charge is -2.35. The highest BCUT2D eigenvalue weighted by Gasteiger charge is 2.29. The predicted molar refractivity (Wildman–Crippen MR) is 92.7 cm³/mol. The molecule has 1 unspecified atom stereocenters. The average Bonchev–Trinajstić information content (AvgIpc) is 3.04. The third-order valence-electron chi connectivity index (χ3n) is 4.86. The monoisotopic (exact) mass is 342 g/mol. The summed E-state index contributed by atoms with van der Waals surface area (Å²) >= 11 is 6.14. The van der Waals surface area contributed by atoms with E-state index < -0.39 is 0 Å². The number of nitrogens with zero attached hydrogens (tertiary/aromatic N) is 1. The van der Waals surface area contributed by atoms with E-state index in [-0.39, 0.29) is 18.3 Å². The molecule has 2 fully saturated rings. The van der Waals surface area contributed by atoms with Gasteiger partial charge in [0, 0.05) is 24.2 Å². The van der Waals surface area contributed by atoms with Crippen LogP contribution in [0.1, 0.15) is 31.2 Å². The van der Waals surface area contributed by atoms with Crippen LogP contribution in [0.15, 0.2) is 24.3 Å². The van der Waals surface area contributed by atoms with Gasteiger partial charge in [-0.1, -0.05) is 29.8 Å². The van der Waals surface area contributed by atoms with Crippen LogP contribution < -0.4 is 5.32 Å². The molecular formula is C17H24Cl2N2O. The molecule has 1 aromatic rings. The van der Waals surface area contributed by atoms with Gasteiger partial charge in [-0.3, -0.25) is 4.79 Å². The van der Waals surface area contributed by atoms with E-state index in [1.54, 1.807) is 0 Å². The Morgan fingerprint density at radius 3 is 2.59 bits per heavy atom. The molecule has 0 radical (unpaired) electrons. The fourth-order valence-electron chi connectivity index (χ4n) is 3.58. The number of halogens is 2. The molecule has 3 nitrogen and oxygen atoms in total. The summed E-state index contributed by atoms with van der Waals surface area (Å²) in [5, 5.41) is 4.29. The zero-order valence-electron chi connectivity index (χ0n) is 12.8. The Morgan fingerprint density at radius 2 is 1.95 bits per heavy atom. The Bertz CT molecular complexity index is 495. The first-order valence-electron chi connectivity index (χ1n) is 7.98. The van der Waals surface area contributed by atoms with Gasteiger partial charge in [-0.05, 0) is 49.8 Å². The number of benzene rings is 1. The van der Waals surface area contributed by atoms with Crippen molar-refractivity contribution in [3.63, 3.8) is 0 Å². The van der Waals surface area contributed by atoms with Gasteiger partial charge in [-0.15, -0.1) is 12.4 Å². The van der Waals surface area contributed by atoms with Crippen LogP contribution in [-0.2, 0) is 11.2 Å². The van der Waals surface area contributed by atoms with E-state index in [0.29, 0.717) is 17.5 Å². The van der Waals surface area contributed by atoms with Gasteiger partial charge in [0.1, 0.15) is 0 Å². The second kappa shape index (κ2) is 8.19. The van der Waals surface area contributed by atoms with Gasteiger partial charge in [-0.2, -0.15) is 0 Å². The zero-order valence-corrected chi connectivity index (χ0v) is 14.3. The quantitative estimate of drug-likeness (QED) is 0.913. The summed E-state index contributed by atoms with van der Waals surface area (Å²) < 4.78 is 0. The maximum absolute atomic E-state index is 12.4. The van der Waals surface area contributed by atoms with Crippen LogP contribution in [0, 0.1) is 5.92 Å². The van der Waals surface area contributed by atoms with Crippen LogP contribution in [0.25, 0.3) is 0 Å². The molecule has 2 aliphatic heterocycles. The largest absolute Gasteiger partial charge is 0.342 e. The molecule has 2 heterocycles. The van der Waals surface area contributed by atoms with Crippen LogP contribution in [0.4, 0.5) is 0 Å². The lowest BCUT2D eigenvalue weighted by Crippen LogP contribution is -2.43. The zero-order chi connectivity index (χ0) is 14.7. The van der Waals surface area contributed by atoms with Crippen LogP contribution in [0.2, 0.25) is 5.02 Å². The Kier molecular flexibility index (Phi) is 6.54. The molecule has 1 N–H and O–H groups in total. The van der Waals surface area contributed by atoms with E-state index in [1.165, 1.54) is 12.8 Å². The minimum atomic E-state index is 0. The summed E-state index contributed by atoms with van der Waals surface area (Å²) in [6, 6.07) is 8.31. The van der Waals surface area contributed by atoms with Crippen molar-refractivity contribution in [3.05, 3.63) is 34.9 Å². The number of carbonyl (C=O) groups excluding carboxylic acids is 1. The lowest BCUT2D eigenvalue weighted by atomic mass is 9.88. The highest BCUT2D eigenvalue weighted by Crippen LogP contribution is 2.26. The number of nitrogens with one attached hydrogen (secondary N) is 1. The lowest BCUT2D eigenvalue weighted by molar-refractivity contribution is -0.132. The molecule has 3 rings (SSSR count). The number of hydrogen-bond acceptors (Lipinski definition) is 2. The Morgan fingerprint density at radius 1 is 1.23 bits per heavy atom. The van der Waals surface area contributed by atoms with Crippen LogP contribution in [0.3, 0.4) is 0 Å². The molecule has 1 aromatic carbocycles. The number of hydrogen-bond donors (Lipinski definition) is 1. The predicted octanol–water partition coefficient (Wildman–Crippen LogP) is 3.29. The van der Waals surface area contributed by atoms with Crippen molar-refractivity contribution in [2.45, 2.75) is 38.1 Å². The third-order valence-corrected chi connectivity index (χ3v) is 5.23. The molecule has 2 aliphatic rings. The molecule has 0 spiro atoms. The number of likely N-dealkylation sites (tertiary alicyclic amines) is 1. The second-order valence-corrected chi connectivity index (χ2v) is 6.60. The molecule has 0 aromatic heterocycles. The average molecular weight is 343 g/mol. The fourth-order valence-corrected chi connectivity index (χ4v) is 3.78. The van der Waals surface area contributed by atoms with Gasteiger partial charge in [0.15, 0.2) is 0 Å². The highest BCUT2D eigenvalue weighted by atomic mass is 35.5. The molecule has 1 atom stereocenters. The van der Waals surface area contributed by atoms with Gasteiger partial charge in [0.05, 0.1) is 6.42 Å².